The van der Waals surface area contributed by atoms with Crippen molar-refractivity contribution in [3.63, 3.8) is 0 Å². The number of nitrogens with one attached hydrogen (secondary N) is 1. The van der Waals surface area contributed by atoms with Crippen LogP contribution in [0.25, 0.3) is 0 Å². The molecule has 0 saturated carbocycles. The number of amides is 1. The summed E-state index contributed by atoms with van der Waals surface area (Å²) in [4.78, 5) is 10.9. The van der Waals surface area contributed by atoms with Crippen LogP contribution in [0.3, 0.4) is 0 Å². The molecule has 0 spiro atoms. The van der Waals surface area contributed by atoms with E-state index in [0.717, 1.165) is 12.2 Å². The fourth-order valence-electron chi connectivity index (χ4n) is 1.21. The topological polar surface area (TPSA) is 49.3 Å². The zero-order chi connectivity index (χ0) is 9.84. The van der Waals surface area contributed by atoms with Gasteiger partial charge in [0.15, 0.2) is 0 Å². The zero-order valence-electron chi connectivity index (χ0n) is 8.12. The Kier molecular flexibility index (Phi) is 4.06. The average Bonchev–Trinajstić information content (AvgIpc) is 2.47. The summed E-state index contributed by atoms with van der Waals surface area (Å²) in [6.07, 6.45) is 1.33. The van der Waals surface area contributed by atoms with Crippen LogP contribution in [-0.2, 0) is 4.79 Å². The highest BCUT2D eigenvalue weighted by atomic mass is 32.2. The molecule has 1 aliphatic rings. The Morgan fingerprint density at radius 2 is 2.38 bits per heavy atom. The van der Waals surface area contributed by atoms with Gasteiger partial charge in [-0.2, -0.15) is 11.8 Å². The van der Waals surface area contributed by atoms with Gasteiger partial charge in [0.25, 0.3) is 0 Å². The van der Waals surface area contributed by atoms with Crippen LogP contribution in [0.15, 0.2) is 0 Å². The zero-order valence-corrected chi connectivity index (χ0v) is 8.93. The summed E-state index contributed by atoms with van der Waals surface area (Å²) in [6.45, 7) is 3.80. The number of carbonyl (C=O) groups is 1. The third-order valence-electron chi connectivity index (χ3n) is 2.32. The van der Waals surface area contributed by atoms with Crippen molar-refractivity contribution in [3.8, 4) is 0 Å². The van der Waals surface area contributed by atoms with E-state index < -0.39 is 0 Å². The first-order valence-electron chi connectivity index (χ1n) is 4.68. The van der Waals surface area contributed by atoms with E-state index in [0.29, 0.717) is 12.5 Å². The van der Waals surface area contributed by atoms with Crippen molar-refractivity contribution in [1.29, 1.82) is 0 Å². The maximum absolute atomic E-state index is 10.9. The van der Waals surface area contributed by atoms with Gasteiger partial charge < -0.3 is 10.4 Å². The number of thioether (sulfide) groups is 1. The van der Waals surface area contributed by atoms with Crippen LogP contribution in [0, 0.1) is 0 Å². The predicted octanol–water partition coefficient (Wildman–Crippen LogP) is 0.767. The van der Waals surface area contributed by atoms with E-state index in [1.54, 1.807) is 18.7 Å². The van der Waals surface area contributed by atoms with Gasteiger partial charge in [-0.3, -0.25) is 4.79 Å². The van der Waals surface area contributed by atoms with Gasteiger partial charge in [0, 0.05) is 23.5 Å². The standard InChI is InChI=1S/C9H17NO2S/c1-6(11)7(2)13-5-8-3-4-9(12)10-8/h6-8,11H,3-5H2,1-2H3,(H,10,12). The molecule has 1 fully saturated rings. The number of hydrogen-bond acceptors (Lipinski definition) is 3. The lowest BCUT2D eigenvalue weighted by molar-refractivity contribution is -0.119. The molecule has 0 aliphatic carbocycles. The molecule has 1 heterocycles. The van der Waals surface area contributed by atoms with Crippen LogP contribution in [0.5, 0.6) is 0 Å². The van der Waals surface area contributed by atoms with Crippen molar-refractivity contribution in [2.45, 2.75) is 44.1 Å². The summed E-state index contributed by atoms with van der Waals surface area (Å²) >= 11 is 1.72. The van der Waals surface area contributed by atoms with Gasteiger partial charge in [-0.1, -0.05) is 6.92 Å². The molecule has 13 heavy (non-hydrogen) atoms. The molecule has 3 nitrogen and oxygen atoms in total. The maximum atomic E-state index is 10.9. The van der Waals surface area contributed by atoms with Crippen LogP contribution in [0.1, 0.15) is 26.7 Å². The molecule has 3 atom stereocenters. The van der Waals surface area contributed by atoms with E-state index in [1.165, 1.54) is 0 Å². The van der Waals surface area contributed by atoms with Gasteiger partial charge in [0.05, 0.1) is 6.10 Å². The molecule has 1 saturated heterocycles. The largest absolute Gasteiger partial charge is 0.392 e. The van der Waals surface area contributed by atoms with Crippen LogP contribution < -0.4 is 5.32 Å². The summed E-state index contributed by atoms with van der Waals surface area (Å²) in [5.41, 5.74) is 0. The van der Waals surface area contributed by atoms with Gasteiger partial charge in [-0.25, -0.2) is 0 Å². The highest BCUT2D eigenvalue weighted by Gasteiger charge is 2.21. The van der Waals surface area contributed by atoms with Crippen LogP contribution in [-0.4, -0.2) is 34.2 Å². The first-order valence-corrected chi connectivity index (χ1v) is 5.73. The molecular formula is C9H17NO2S. The van der Waals surface area contributed by atoms with Crippen molar-refractivity contribution in [2.24, 2.45) is 0 Å². The highest BCUT2D eigenvalue weighted by Crippen LogP contribution is 2.18. The minimum atomic E-state index is -0.276. The monoisotopic (exact) mass is 203 g/mol. The summed E-state index contributed by atoms with van der Waals surface area (Å²) in [7, 11) is 0. The Hall–Kier alpha value is -0.220. The highest BCUT2D eigenvalue weighted by molar-refractivity contribution is 7.99. The van der Waals surface area contributed by atoms with Crippen LogP contribution >= 0.6 is 11.8 Å². The number of rotatable bonds is 4. The van der Waals surface area contributed by atoms with Crippen molar-refractivity contribution < 1.29 is 9.90 Å². The van der Waals surface area contributed by atoms with Crippen molar-refractivity contribution in [3.05, 3.63) is 0 Å². The summed E-state index contributed by atoms with van der Waals surface area (Å²) in [5.74, 6) is 1.08. The second-order valence-electron chi connectivity index (χ2n) is 3.58. The summed E-state index contributed by atoms with van der Waals surface area (Å²) < 4.78 is 0. The Bertz CT molecular complexity index is 184. The molecular weight excluding hydrogens is 186 g/mol. The molecule has 0 aromatic heterocycles. The maximum Gasteiger partial charge on any atom is 0.220 e. The van der Waals surface area contributed by atoms with Crippen LogP contribution in [0.2, 0.25) is 0 Å². The molecule has 3 unspecified atom stereocenters. The van der Waals surface area contributed by atoms with Crippen LogP contribution in [0.4, 0.5) is 0 Å². The molecule has 76 valence electrons. The Morgan fingerprint density at radius 1 is 1.69 bits per heavy atom. The normalized spacial score (nSPS) is 27.0. The SMILES string of the molecule is CC(O)C(C)SCC1CCC(=O)N1. The summed E-state index contributed by atoms with van der Waals surface area (Å²) in [6, 6.07) is 0.318. The average molecular weight is 203 g/mol. The fourth-order valence-corrected chi connectivity index (χ4v) is 2.27. The van der Waals surface area contributed by atoms with E-state index >= 15 is 0 Å². The lowest BCUT2D eigenvalue weighted by atomic mass is 10.2. The minimum absolute atomic E-state index is 0.162. The number of aliphatic hydroxyl groups is 1. The smallest absolute Gasteiger partial charge is 0.220 e. The lowest BCUT2D eigenvalue weighted by Crippen LogP contribution is -2.29. The van der Waals surface area contributed by atoms with E-state index in [1.807, 2.05) is 6.92 Å². The Morgan fingerprint density at radius 3 is 2.85 bits per heavy atom. The van der Waals surface area contributed by atoms with Gasteiger partial charge in [0.1, 0.15) is 0 Å². The second kappa shape index (κ2) is 4.86. The van der Waals surface area contributed by atoms with Crippen molar-refractivity contribution in [2.75, 3.05) is 5.75 Å². The molecule has 1 aliphatic heterocycles. The first-order chi connectivity index (χ1) is 6.09. The number of hydrogen-bond donors (Lipinski definition) is 2. The van der Waals surface area contributed by atoms with E-state index in [-0.39, 0.29) is 17.3 Å². The summed E-state index contributed by atoms with van der Waals surface area (Å²) in [5, 5.41) is 12.4. The Balaban J connectivity index is 2.16. The van der Waals surface area contributed by atoms with E-state index in [9.17, 15) is 9.90 Å². The van der Waals surface area contributed by atoms with Gasteiger partial charge in [-0.05, 0) is 13.3 Å². The molecule has 0 aromatic rings. The van der Waals surface area contributed by atoms with Crippen molar-refractivity contribution in [1.82, 2.24) is 5.32 Å². The molecule has 4 heteroatoms. The molecule has 0 bridgehead atoms. The van der Waals surface area contributed by atoms with Gasteiger partial charge >= 0.3 is 0 Å². The Labute approximate surface area is 83.3 Å². The molecule has 1 amide bonds. The van der Waals surface area contributed by atoms with E-state index in [2.05, 4.69) is 5.32 Å². The molecule has 2 N–H and O–H groups in total. The van der Waals surface area contributed by atoms with Crippen molar-refractivity contribution >= 4 is 17.7 Å². The third kappa shape index (κ3) is 3.56. The molecule has 1 rings (SSSR count). The van der Waals surface area contributed by atoms with Gasteiger partial charge in [0.2, 0.25) is 5.91 Å². The van der Waals surface area contributed by atoms with Gasteiger partial charge in [-0.15, -0.1) is 0 Å². The lowest BCUT2D eigenvalue weighted by Gasteiger charge is -2.16. The first kappa shape index (κ1) is 10.9. The second-order valence-corrected chi connectivity index (χ2v) is 4.99. The quantitative estimate of drug-likeness (QED) is 0.709. The van der Waals surface area contributed by atoms with E-state index in [4.69, 9.17) is 0 Å². The predicted molar refractivity (Wildman–Crippen MR) is 54.8 cm³/mol. The fraction of sp³-hybridized carbons (Fsp3) is 0.889. The molecule has 0 radical (unpaired) electrons. The number of aliphatic hydroxyl groups excluding tert-OH is 1. The molecule has 0 aromatic carbocycles. The number of carbonyl (C=O) groups excluding carboxylic acids is 1. The minimum Gasteiger partial charge on any atom is -0.392 e. The third-order valence-corrected chi connectivity index (χ3v) is 3.84.